The Balaban J connectivity index is 2.38. The molecular weight excluding hydrogens is 264 g/mol. The number of rotatable bonds is 3. The zero-order valence-corrected chi connectivity index (χ0v) is 15.0. The van der Waals surface area contributed by atoms with E-state index < -0.39 is 5.60 Å². The summed E-state index contributed by atoms with van der Waals surface area (Å²) in [6.07, 6.45) is 3.01. The summed E-state index contributed by atoms with van der Waals surface area (Å²) in [6.45, 7) is 16.5. The normalized spacial score (nSPS) is 24.0. The molecule has 1 N–H and O–H groups in total. The molecule has 124 valence electrons. The maximum atomic E-state index is 12.2. The molecule has 1 amide bonds. The lowest BCUT2D eigenvalue weighted by molar-refractivity contribution is 0.00935. The zero-order valence-electron chi connectivity index (χ0n) is 15.0. The van der Waals surface area contributed by atoms with Crippen molar-refractivity contribution in [3.8, 4) is 0 Å². The predicted octanol–water partition coefficient (Wildman–Crippen LogP) is 3.80. The summed E-state index contributed by atoms with van der Waals surface area (Å²) in [5.41, 5.74) is -0.0472. The van der Waals surface area contributed by atoms with Crippen LogP contribution in [0.4, 0.5) is 4.79 Å². The molecule has 1 heterocycles. The van der Waals surface area contributed by atoms with Gasteiger partial charge in [-0.15, -0.1) is 0 Å². The van der Waals surface area contributed by atoms with Gasteiger partial charge in [0.2, 0.25) is 0 Å². The van der Waals surface area contributed by atoms with Gasteiger partial charge in [-0.25, -0.2) is 4.79 Å². The Morgan fingerprint density at radius 2 is 1.86 bits per heavy atom. The van der Waals surface area contributed by atoms with Crippen molar-refractivity contribution in [1.29, 1.82) is 0 Å². The highest BCUT2D eigenvalue weighted by Crippen LogP contribution is 2.22. The van der Waals surface area contributed by atoms with Crippen molar-refractivity contribution in [3.05, 3.63) is 0 Å². The van der Waals surface area contributed by atoms with Crippen molar-refractivity contribution in [2.75, 3.05) is 13.1 Å². The third-order valence-corrected chi connectivity index (χ3v) is 3.81. The van der Waals surface area contributed by atoms with Crippen LogP contribution < -0.4 is 5.32 Å². The lowest BCUT2D eigenvalue weighted by Crippen LogP contribution is -2.51. The third kappa shape index (κ3) is 7.16. The van der Waals surface area contributed by atoms with E-state index in [1.807, 2.05) is 25.7 Å². The van der Waals surface area contributed by atoms with Crippen LogP contribution in [-0.2, 0) is 4.74 Å². The Morgan fingerprint density at radius 1 is 1.24 bits per heavy atom. The van der Waals surface area contributed by atoms with Crippen LogP contribution in [0.5, 0.6) is 0 Å². The summed E-state index contributed by atoms with van der Waals surface area (Å²) in [7, 11) is 0. The molecule has 1 aliphatic heterocycles. The fourth-order valence-corrected chi connectivity index (χ4v) is 2.60. The van der Waals surface area contributed by atoms with E-state index >= 15 is 0 Å². The second-order valence-electron chi connectivity index (χ2n) is 8.51. The van der Waals surface area contributed by atoms with E-state index in [1.165, 1.54) is 6.42 Å². The van der Waals surface area contributed by atoms with Crippen molar-refractivity contribution < 1.29 is 9.53 Å². The molecule has 0 aliphatic carbocycles. The lowest BCUT2D eigenvalue weighted by Gasteiger charge is -2.38. The standard InChI is InChI=1S/C17H34N2O2/c1-13-12-14(18-10-9-16(2,3)4)8-11-19(13)15(20)21-17(5,6)7/h13-14,18H,8-12H2,1-7H3. The van der Waals surface area contributed by atoms with E-state index in [-0.39, 0.29) is 12.1 Å². The summed E-state index contributed by atoms with van der Waals surface area (Å²) < 4.78 is 5.48. The SMILES string of the molecule is CC1CC(NCCC(C)(C)C)CCN1C(=O)OC(C)(C)C. The van der Waals surface area contributed by atoms with Gasteiger partial charge in [0.25, 0.3) is 0 Å². The van der Waals surface area contributed by atoms with Gasteiger partial charge in [-0.3, -0.25) is 0 Å². The highest BCUT2D eigenvalue weighted by molar-refractivity contribution is 5.68. The Bertz CT molecular complexity index is 342. The minimum atomic E-state index is -0.418. The predicted molar refractivity (Wildman–Crippen MR) is 87.5 cm³/mol. The highest BCUT2D eigenvalue weighted by Gasteiger charge is 2.31. The molecule has 1 fully saturated rings. The molecule has 21 heavy (non-hydrogen) atoms. The molecule has 4 nitrogen and oxygen atoms in total. The van der Waals surface area contributed by atoms with E-state index in [2.05, 4.69) is 33.0 Å². The number of hydrogen-bond acceptors (Lipinski definition) is 3. The summed E-state index contributed by atoms with van der Waals surface area (Å²) in [6, 6.07) is 0.752. The third-order valence-electron chi connectivity index (χ3n) is 3.81. The first kappa shape index (κ1) is 18.3. The number of nitrogens with zero attached hydrogens (tertiary/aromatic N) is 1. The fraction of sp³-hybridized carbons (Fsp3) is 0.941. The first-order valence-corrected chi connectivity index (χ1v) is 8.21. The zero-order chi connectivity index (χ0) is 16.3. The van der Waals surface area contributed by atoms with Crippen molar-refractivity contribution >= 4 is 6.09 Å². The quantitative estimate of drug-likeness (QED) is 0.861. The number of carbonyl (C=O) groups excluding carboxylic acids is 1. The monoisotopic (exact) mass is 298 g/mol. The Labute approximate surface area is 130 Å². The largest absolute Gasteiger partial charge is 0.444 e. The average Bonchev–Trinajstić information content (AvgIpc) is 2.24. The van der Waals surface area contributed by atoms with E-state index in [1.54, 1.807) is 0 Å². The molecule has 2 atom stereocenters. The van der Waals surface area contributed by atoms with Gasteiger partial charge in [-0.05, 0) is 58.9 Å². The Kier molecular flexibility index (Phi) is 6.09. The molecular formula is C17H34N2O2. The molecule has 0 aromatic heterocycles. The maximum absolute atomic E-state index is 12.2. The molecule has 4 heteroatoms. The van der Waals surface area contributed by atoms with Gasteiger partial charge in [0.1, 0.15) is 5.60 Å². The first-order valence-electron chi connectivity index (χ1n) is 8.21. The van der Waals surface area contributed by atoms with Crippen molar-refractivity contribution in [1.82, 2.24) is 10.2 Å². The van der Waals surface area contributed by atoms with Crippen LogP contribution in [0.15, 0.2) is 0 Å². The minimum Gasteiger partial charge on any atom is -0.444 e. The topological polar surface area (TPSA) is 41.6 Å². The van der Waals surface area contributed by atoms with Gasteiger partial charge in [0.15, 0.2) is 0 Å². The number of piperidine rings is 1. The second kappa shape index (κ2) is 6.99. The number of nitrogens with one attached hydrogen (secondary N) is 1. The Hall–Kier alpha value is -0.770. The summed E-state index contributed by atoms with van der Waals surface area (Å²) >= 11 is 0. The fourth-order valence-electron chi connectivity index (χ4n) is 2.60. The Morgan fingerprint density at radius 3 is 2.33 bits per heavy atom. The number of carbonyl (C=O) groups is 1. The summed E-state index contributed by atoms with van der Waals surface area (Å²) in [5, 5.41) is 3.64. The number of hydrogen-bond donors (Lipinski definition) is 1. The molecule has 1 aliphatic rings. The minimum absolute atomic E-state index is 0.178. The molecule has 0 radical (unpaired) electrons. The molecule has 0 saturated carbocycles. The van der Waals surface area contributed by atoms with Crippen LogP contribution in [-0.4, -0.2) is 41.8 Å². The molecule has 1 rings (SSSR count). The summed E-state index contributed by atoms with van der Waals surface area (Å²) in [4.78, 5) is 14.0. The molecule has 0 aromatic rings. The lowest BCUT2D eigenvalue weighted by atomic mass is 9.91. The first-order chi connectivity index (χ1) is 9.48. The van der Waals surface area contributed by atoms with Gasteiger partial charge in [-0.2, -0.15) is 0 Å². The van der Waals surface area contributed by atoms with Gasteiger partial charge in [-0.1, -0.05) is 20.8 Å². The van der Waals surface area contributed by atoms with Gasteiger partial charge in [0.05, 0.1) is 0 Å². The van der Waals surface area contributed by atoms with Crippen LogP contribution >= 0.6 is 0 Å². The van der Waals surface area contributed by atoms with Crippen molar-refractivity contribution in [3.63, 3.8) is 0 Å². The van der Waals surface area contributed by atoms with Crippen molar-refractivity contribution in [2.24, 2.45) is 5.41 Å². The average molecular weight is 298 g/mol. The molecule has 0 spiro atoms. The van der Waals surface area contributed by atoms with E-state index in [0.29, 0.717) is 11.5 Å². The number of amides is 1. The number of likely N-dealkylation sites (tertiary alicyclic amines) is 1. The van der Waals surface area contributed by atoms with Crippen LogP contribution in [0.25, 0.3) is 0 Å². The van der Waals surface area contributed by atoms with Gasteiger partial charge >= 0.3 is 6.09 Å². The smallest absolute Gasteiger partial charge is 0.410 e. The van der Waals surface area contributed by atoms with Crippen LogP contribution in [0.3, 0.4) is 0 Å². The second-order valence-corrected chi connectivity index (χ2v) is 8.51. The van der Waals surface area contributed by atoms with E-state index in [4.69, 9.17) is 4.74 Å². The maximum Gasteiger partial charge on any atom is 0.410 e. The van der Waals surface area contributed by atoms with Crippen molar-refractivity contribution in [2.45, 2.75) is 85.4 Å². The van der Waals surface area contributed by atoms with Crippen LogP contribution in [0.2, 0.25) is 0 Å². The highest BCUT2D eigenvalue weighted by atomic mass is 16.6. The van der Waals surface area contributed by atoms with E-state index in [0.717, 1.165) is 25.9 Å². The van der Waals surface area contributed by atoms with Crippen LogP contribution in [0, 0.1) is 5.41 Å². The molecule has 2 unspecified atom stereocenters. The molecule has 0 bridgehead atoms. The number of ether oxygens (including phenoxy) is 1. The van der Waals surface area contributed by atoms with E-state index in [9.17, 15) is 4.79 Å². The molecule has 0 aromatic carbocycles. The van der Waals surface area contributed by atoms with Crippen LogP contribution in [0.1, 0.15) is 67.7 Å². The molecule has 1 saturated heterocycles. The van der Waals surface area contributed by atoms with Gasteiger partial charge in [0, 0.05) is 18.6 Å². The summed E-state index contributed by atoms with van der Waals surface area (Å²) in [5.74, 6) is 0. The van der Waals surface area contributed by atoms with Gasteiger partial charge < -0.3 is 15.0 Å².